The van der Waals surface area contributed by atoms with Crippen LogP contribution in [0, 0.1) is 5.92 Å². The zero-order valence-electron chi connectivity index (χ0n) is 15.4. The lowest BCUT2D eigenvalue weighted by Gasteiger charge is -2.33. The third-order valence-corrected chi connectivity index (χ3v) is 5.89. The molecule has 1 N–H and O–H groups in total. The summed E-state index contributed by atoms with van der Waals surface area (Å²) in [6.45, 7) is 4.32. The van der Waals surface area contributed by atoms with E-state index >= 15 is 0 Å². The Bertz CT molecular complexity index is 697. The minimum atomic E-state index is 0.0322. The summed E-state index contributed by atoms with van der Waals surface area (Å²) in [6, 6.07) is 5.49. The Morgan fingerprint density at radius 3 is 2.63 bits per heavy atom. The van der Waals surface area contributed by atoms with E-state index in [2.05, 4.69) is 10.2 Å². The predicted octanol–water partition coefficient (Wildman–Crippen LogP) is 2.41. The van der Waals surface area contributed by atoms with Crippen LogP contribution in [0.15, 0.2) is 18.2 Å². The van der Waals surface area contributed by atoms with Gasteiger partial charge in [0.1, 0.15) is 13.2 Å². The van der Waals surface area contributed by atoms with Crippen molar-refractivity contribution in [2.24, 2.45) is 5.92 Å². The molecule has 0 aromatic heterocycles. The Balaban J connectivity index is 1.28. The summed E-state index contributed by atoms with van der Waals surface area (Å²) in [5.74, 6) is 1.61. The number of nitrogens with zero attached hydrogens (tertiary/aromatic N) is 1. The van der Waals surface area contributed by atoms with Gasteiger partial charge in [-0.3, -0.25) is 4.79 Å². The lowest BCUT2D eigenvalue weighted by atomic mass is 9.89. The van der Waals surface area contributed by atoms with Crippen LogP contribution in [0.1, 0.15) is 36.0 Å². The van der Waals surface area contributed by atoms with Gasteiger partial charge >= 0.3 is 0 Å². The van der Waals surface area contributed by atoms with Gasteiger partial charge in [0.25, 0.3) is 0 Å². The molecular weight excluding hydrogens is 364 g/mol. The van der Waals surface area contributed by atoms with Gasteiger partial charge in [-0.15, -0.1) is 0 Å². The molecule has 2 saturated heterocycles. The van der Waals surface area contributed by atoms with Gasteiger partial charge in [0, 0.05) is 37.7 Å². The molecule has 0 aliphatic carbocycles. The van der Waals surface area contributed by atoms with E-state index in [4.69, 9.17) is 26.4 Å². The van der Waals surface area contributed by atoms with Crippen molar-refractivity contribution in [1.82, 2.24) is 10.2 Å². The van der Waals surface area contributed by atoms with Crippen molar-refractivity contribution >= 4 is 23.1 Å². The first-order chi connectivity index (χ1) is 13.2. The first-order valence-electron chi connectivity index (χ1n) is 9.79. The van der Waals surface area contributed by atoms with Crippen LogP contribution in [0.25, 0.3) is 0 Å². The van der Waals surface area contributed by atoms with Gasteiger partial charge in [-0.1, -0.05) is 0 Å². The molecule has 0 unspecified atom stereocenters. The van der Waals surface area contributed by atoms with E-state index in [0.29, 0.717) is 24.5 Å². The Labute approximate surface area is 165 Å². The van der Waals surface area contributed by atoms with Crippen LogP contribution in [0.4, 0.5) is 0 Å². The Morgan fingerprint density at radius 1 is 1.11 bits per heavy atom. The second-order valence-corrected chi connectivity index (χ2v) is 7.69. The van der Waals surface area contributed by atoms with Crippen LogP contribution in [0.5, 0.6) is 11.5 Å². The van der Waals surface area contributed by atoms with Crippen molar-refractivity contribution in [3.63, 3.8) is 0 Å². The maximum absolute atomic E-state index is 12.9. The molecule has 1 aromatic carbocycles. The second-order valence-electron chi connectivity index (χ2n) is 7.31. The molecule has 2 fully saturated rings. The fourth-order valence-electron chi connectivity index (χ4n) is 3.90. The summed E-state index contributed by atoms with van der Waals surface area (Å²) in [5.41, 5.74) is 0.705. The fraction of sp³-hybridized carbons (Fsp3) is 0.600. The Kier molecular flexibility index (Phi) is 5.78. The SMILES string of the molecule is O=C(c1ccc2c(c1)OCCO2)C1CCN(C(=S)NC[C@H]2CCCO2)CC1. The van der Waals surface area contributed by atoms with Crippen molar-refractivity contribution < 1.29 is 19.0 Å². The number of Topliss-reactive ketones (excluding diaryl/α,β-unsaturated/α-hetero) is 1. The number of fused-ring (bicyclic) bond motifs is 1. The minimum absolute atomic E-state index is 0.0322. The molecule has 3 aliphatic heterocycles. The van der Waals surface area contributed by atoms with Gasteiger partial charge in [-0.25, -0.2) is 0 Å². The van der Waals surface area contributed by atoms with Crippen LogP contribution >= 0.6 is 12.2 Å². The van der Waals surface area contributed by atoms with Gasteiger partial charge in [0.05, 0.1) is 6.10 Å². The number of ketones is 1. The van der Waals surface area contributed by atoms with Gasteiger partial charge < -0.3 is 24.4 Å². The summed E-state index contributed by atoms with van der Waals surface area (Å²) in [7, 11) is 0. The topological polar surface area (TPSA) is 60.0 Å². The predicted molar refractivity (Wildman–Crippen MR) is 106 cm³/mol. The summed E-state index contributed by atoms with van der Waals surface area (Å²) < 4.78 is 16.8. The van der Waals surface area contributed by atoms with Crippen molar-refractivity contribution in [3.05, 3.63) is 23.8 Å². The van der Waals surface area contributed by atoms with Gasteiger partial charge in [0.2, 0.25) is 0 Å². The molecule has 1 atom stereocenters. The number of hydrogen-bond donors (Lipinski definition) is 1. The molecule has 4 rings (SSSR count). The first-order valence-corrected chi connectivity index (χ1v) is 10.2. The normalized spacial score (nSPS) is 22.5. The highest BCUT2D eigenvalue weighted by Crippen LogP contribution is 2.32. The lowest BCUT2D eigenvalue weighted by Crippen LogP contribution is -2.47. The van der Waals surface area contributed by atoms with Crippen LogP contribution in [0.2, 0.25) is 0 Å². The van der Waals surface area contributed by atoms with E-state index in [1.807, 2.05) is 18.2 Å². The van der Waals surface area contributed by atoms with Crippen molar-refractivity contribution in [3.8, 4) is 11.5 Å². The summed E-state index contributed by atoms with van der Waals surface area (Å²) in [6.07, 6.45) is 4.13. The van der Waals surface area contributed by atoms with Crippen molar-refractivity contribution in [2.75, 3.05) is 39.5 Å². The number of ether oxygens (including phenoxy) is 3. The molecule has 6 nitrogen and oxygen atoms in total. The number of benzene rings is 1. The number of rotatable bonds is 4. The van der Waals surface area contributed by atoms with Crippen LogP contribution in [-0.2, 0) is 4.74 Å². The molecular formula is C20H26N2O4S. The van der Waals surface area contributed by atoms with E-state index < -0.39 is 0 Å². The summed E-state index contributed by atoms with van der Waals surface area (Å²) >= 11 is 5.52. The first kappa shape index (κ1) is 18.5. The van der Waals surface area contributed by atoms with E-state index in [9.17, 15) is 4.79 Å². The quantitative estimate of drug-likeness (QED) is 0.626. The number of carbonyl (C=O) groups is 1. The second kappa shape index (κ2) is 8.44. The highest BCUT2D eigenvalue weighted by molar-refractivity contribution is 7.80. The molecule has 0 spiro atoms. The maximum atomic E-state index is 12.9. The van der Waals surface area contributed by atoms with Crippen LogP contribution in [-0.4, -0.2) is 61.4 Å². The molecule has 27 heavy (non-hydrogen) atoms. The highest BCUT2D eigenvalue weighted by atomic mass is 32.1. The van der Waals surface area contributed by atoms with Crippen molar-refractivity contribution in [2.45, 2.75) is 31.8 Å². The number of hydrogen-bond acceptors (Lipinski definition) is 5. The molecule has 146 valence electrons. The van der Waals surface area contributed by atoms with Gasteiger partial charge in [0.15, 0.2) is 22.4 Å². The van der Waals surface area contributed by atoms with Crippen LogP contribution in [0.3, 0.4) is 0 Å². The molecule has 7 heteroatoms. The average molecular weight is 391 g/mol. The Morgan fingerprint density at radius 2 is 1.89 bits per heavy atom. The number of thiocarbonyl (C=S) groups is 1. The third-order valence-electron chi connectivity index (χ3n) is 5.48. The molecule has 0 bridgehead atoms. The zero-order valence-corrected chi connectivity index (χ0v) is 16.3. The molecule has 0 amide bonds. The number of carbonyl (C=O) groups excluding carboxylic acids is 1. The number of likely N-dealkylation sites (tertiary alicyclic amines) is 1. The van der Waals surface area contributed by atoms with E-state index in [1.165, 1.54) is 0 Å². The van der Waals surface area contributed by atoms with Gasteiger partial charge in [-0.2, -0.15) is 0 Å². The zero-order chi connectivity index (χ0) is 18.6. The van der Waals surface area contributed by atoms with Gasteiger partial charge in [-0.05, 0) is 56.1 Å². The number of piperidine rings is 1. The lowest BCUT2D eigenvalue weighted by molar-refractivity contribution is 0.0869. The Hall–Kier alpha value is -1.86. The molecule has 3 heterocycles. The highest BCUT2D eigenvalue weighted by Gasteiger charge is 2.28. The van der Waals surface area contributed by atoms with E-state index in [1.54, 1.807) is 0 Å². The molecule has 0 saturated carbocycles. The third kappa shape index (κ3) is 4.35. The molecule has 3 aliphatic rings. The number of nitrogens with one attached hydrogen (secondary N) is 1. The van der Waals surface area contributed by atoms with E-state index in [0.717, 1.165) is 62.8 Å². The monoisotopic (exact) mass is 390 g/mol. The van der Waals surface area contributed by atoms with Crippen molar-refractivity contribution in [1.29, 1.82) is 0 Å². The smallest absolute Gasteiger partial charge is 0.169 e. The van der Waals surface area contributed by atoms with E-state index in [-0.39, 0.29) is 17.8 Å². The van der Waals surface area contributed by atoms with Crippen LogP contribution < -0.4 is 14.8 Å². The molecule has 0 radical (unpaired) electrons. The summed E-state index contributed by atoms with van der Waals surface area (Å²) in [4.78, 5) is 15.0. The summed E-state index contributed by atoms with van der Waals surface area (Å²) in [5, 5.41) is 4.10. The maximum Gasteiger partial charge on any atom is 0.169 e. The largest absolute Gasteiger partial charge is 0.486 e. The molecule has 1 aromatic rings. The minimum Gasteiger partial charge on any atom is -0.486 e. The average Bonchev–Trinajstić information content (AvgIpc) is 3.25. The standard InChI is InChI=1S/C20H26N2O4S/c23-19(15-3-4-17-18(12-15)26-11-10-25-17)14-5-7-22(8-6-14)20(27)21-13-16-2-1-9-24-16/h3-4,12,14,16H,1-2,5-11,13H2,(H,21,27)/t16-/m1/s1. The fourth-order valence-corrected chi connectivity index (χ4v) is 4.16.